The fourth-order valence-corrected chi connectivity index (χ4v) is 3.43. The van der Waals surface area contributed by atoms with E-state index in [1.165, 1.54) is 0 Å². The number of nitrogens with zero attached hydrogens (tertiary/aromatic N) is 1. The Balaban J connectivity index is 1.66. The predicted molar refractivity (Wildman–Crippen MR) is 115 cm³/mol. The second-order valence-electron chi connectivity index (χ2n) is 7.49. The third kappa shape index (κ3) is 8.12. The molecule has 0 spiro atoms. The first-order valence-corrected chi connectivity index (χ1v) is 10.7. The Hall–Kier alpha value is -2.45. The van der Waals surface area contributed by atoms with Crippen LogP contribution in [0.1, 0.15) is 38.7 Å². The van der Waals surface area contributed by atoms with Gasteiger partial charge in [0, 0.05) is 32.2 Å². The minimum atomic E-state index is -0.503. The molecule has 1 aromatic carbocycles. The number of imide groups is 1. The monoisotopic (exact) mass is 418 g/mol. The molecule has 1 aliphatic rings. The normalized spacial score (nSPS) is 15.9. The summed E-state index contributed by atoms with van der Waals surface area (Å²) in [5, 5.41) is 8.06. The number of piperidine rings is 1. The molecule has 30 heavy (non-hydrogen) atoms. The van der Waals surface area contributed by atoms with Crippen LogP contribution in [-0.2, 0) is 20.9 Å². The average Bonchev–Trinajstić information content (AvgIpc) is 2.77. The lowest BCUT2D eigenvalue weighted by Crippen LogP contribution is -2.52. The molecular weight excluding hydrogens is 384 g/mol. The highest BCUT2D eigenvalue weighted by atomic mass is 16.5. The zero-order valence-electron chi connectivity index (χ0n) is 18.0. The van der Waals surface area contributed by atoms with Gasteiger partial charge in [-0.05, 0) is 51.8 Å². The third-order valence-electron chi connectivity index (χ3n) is 5.33. The first-order chi connectivity index (χ1) is 14.5. The van der Waals surface area contributed by atoms with Gasteiger partial charge < -0.3 is 15.4 Å². The van der Waals surface area contributed by atoms with Crippen molar-refractivity contribution in [3.63, 3.8) is 0 Å². The van der Waals surface area contributed by atoms with E-state index in [1.54, 1.807) is 6.92 Å². The van der Waals surface area contributed by atoms with E-state index in [2.05, 4.69) is 16.0 Å². The lowest BCUT2D eigenvalue weighted by Gasteiger charge is -2.34. The van der Waals surface area contributed by atoms with Crippen molar-refractivity contribution >= 4 is 17.8 Å². The zero-order chi connectivity index (χ0) is 21.8. The highest BCUT2D eigenvalue weighted by Crippen LogP contribution is 2.19. The van der Waals surface area contributed by atoms with Gasteiger partial charge in [0.05, 0.1) is 6.04 Å². The Morgan fingerprint density at radius 2 is 1.83 bits per heavy atom. The predicted octanol–water partition coefficient (Wildman–Crippen LogP) is 1.66. The summed E-state index contributed by atoms with van der Waals surface area (Å²) in [7, 11) is 0. The van der Waals surface area contributed by atoms with Crippen molar-refractivity contribution in [2.24, 2.45) is 5.92 Å². The average molecular weight is 419 g/mol. The molecule has 1 atom stereocenters. The van der Waals surface area contributed by atoms with Crippen LogP contribution in [0.5, 0.6) is 0 Å². The standard InChI is InChI=1S/C22H34N4O4/c1-3-30-15-7-12-23-21(28)19-10-13-26(14-11-19)17(2)20(27)25-22(29)24-16-18-8-5-4-6-9-18/h4-6,8-9,17,19H,3,7,10-16H2,1-2H3,(H,23,28)(H2,24,25,27,29). The van der Waals surface area contributed by atoms with Crippen LogP contribution in [0.15, 0.2) is 30.3 Å². The Bertz CT molecular complexity index is 675. The minimum absolute atomic E-state index is 0.0298. The van der Waals surface area contributed by atoms with Crippen molar-refractivity contribution in [2.75, 3.05) is 32.8 Å². The molecule has 8 heteroatoms. The number of carbonyl (C=O) groups is 3. The van der Waals surface area contributed by atoms with Gasteiger partial charge in [-0.2, -0.15) is 0 Å². The largest absolute Gasteiger partial charge is 0.382 e. The van der Waals surface area contributed by atoms with Gasteiger partial charge in [-0.1, -0.05) is 30.3 Å². The Morgan fingerprint density at radius 1 is 1.13 bits per heavy atom. The highest BCUT2D eigenvalue weighted by Gasteiger charge is 2.30. The summed E-state index contributed by atoms with van der Waals surface area (Å²) >= 11 is 0. The second kappa shape index (κ2) is 13.0. The molecule has 8 nitrogen and oxygen atoms in total. The van der Waals surface area contributed by atoms with Gasteiger partial charge in [0.2, 0.25) is 11.8 Å². The second-order valence-corrected chi connectivity index (χ2v) is 7.49. The number of rotatable bonds is 10. The number of hydrogen-bond acceptors (Lipinski definition) is 5. The number of amides is 4. The number of carbonyl (C=O) groups excluding carboxylic acids is 3. The van der Waals surface area contributed by atoms with E-state index in [0.717, 1.165) is 12.0 Å². The molecule has 3 N–H and O–H groups in total. The molecule has 0 saturated carbocycles. The summed E-state index contributed by atoms with van der Waals surface area (Å²) in [6.45, 7) is 7.36. The van der Waals surface area contributed by atoms with Gasteiger partial charge in [0.25, 0.3) is 0 Å². The van der Waals surface area contributed by atoms with Crippen molar-refractivity contribution in [1.82, 2.24) is 20.9 Å². The summed E-state index contributed by atoms with van der Waals surface area (Å²) < 4.78 is 5.26. The molecule has 0 bridgehead atoms. The number of hydrogen-bond donors (Lipinski definition) is 3. The van der Waals surface area contributed by atoms with Crippen LogP contribution in [-0.4, -0.2) is 61.6 Å². The van der Waals surface area contributed by atoms with Gasteiger partial charge in [-0.25, -0.2) is 4.79 Å². The zero-order valence-corrected chi connectivity index (χ0v) is 18.0. The van der Waals surface area contributed by atoms with Gasteiger partial charge in [0.15, 0.2) is 0 Å². The molecule has 2 rings (SSSR count). The number of benzene rings is 1. The molecule has 4 amide bonds. The van der Waals surface area contributed by atoms with Gasteiger partial charge >= 0.3 is 6.03 Å². The molecule has 0 aliphatic carbocycles. The van der Waals surface area contributed by atoms with Crippen molar-refractivity contribution in [1.29, 1.82) is 0 Å². The quantitative estimate of drug-likeness (QED) is 0.502. The summed E-state index contributed by atoms with van der Waals surface area (Å²) in [6, 6.07) is 8.58. The first-order valence-electron chi connectivity index (χ1n) is 10.7. The smallest absolute Gasteiger partial charge is 0.321 e. The number of likely N-dealkylation sites (tertiary alicyclic amines) is 1. The topological polar surface area (TPSA) is 99.8 Å². The Morgan fingerprint density at radius 3 is 2.50 bits per heavy atom. The highest BCUT2D eigenvalue weighted by molar-refractivity contribution is 5.96. The molecule has 1 unspecified atom stereocenters. The fraction of sp³-hybridized carbons (Fsp3) is 0.591. The van der Waals surface area contributed by atoms with E-state index in [0.29, 0.717) is 52.2 Å². The van der Waals surface area contributed by atoms with Gasteiger partial charge in [-0.3, -0.25) is 19.8 Å². The molecule has 1 aromatic rings. The maximum atomic E-state index is 12.4. The van der Waals surface area contributed by atoms with Crippen LogP contribution >= 0.6 is 0 Å². The van der Waals surface area contributed by atoms with Crippen LogP contribution in [0.4, 0.5) is 4.79 Å². The molecular formula is C22H34N4O4. The van der Waals surface area contributed by atoms with E-state index in [1.807, 2.05) is 42.2 Å². The molecule has 0 radical (unpaired) electrons. The maximum Gasteiger partial charge on any atom is 0.321 e. The van der Waals surface area contributed by atoms with Crippen molar-refractivity contribution in [2.45, 2.75) is 45.7 Å². The van der Waals surface area contributed by atoms with Crippen molar-refractivity contribution < 1.29 is 19.1 Å². The summed E-state index contributed by atoms with van der Waals surface area (Å²) in [4.78, 5) is 38.7. The Kier molecular flexibility index (Phi) is 10.3. The summed E-state index contributed by atoms with van der Waals surface area (Å²) in [5.74, 6) is -0.291. The van der Waals surface area contributed by atoms with E-state index in [4.69, 9.17) is 4.74 Å². The van der Waals surface area contributed by atoms with E-state index >= 15 is 0 Å². The first kappa shape index (κ1) is 23.8. The minimum Gasteiger partial charge on any atom is -0.382 e. The van der Waals surface area contributed by atoms with Crippen LogP contribution < -0.4 is 16.0 Å². The number of urea groups is 1. The number of ether oxygens (including phenoxy) is 1. The van der Waals surface area contributed by atoms with Gasteiger partial charge in [0.1, 0.15) is 0 Å². The van der Waals surface area contributed by atoms with E-state index in [9.17, 15) is 14.4 Å². The summed E-state index contributed by atoms with van der Waals surface area (Å²) in [6.07, 6.45) is 2.21. The third-order valence-corrected chi connectivity index (χ3v) is 5.33. The lowest BCUT2D eigenvalue weighted by molar-refractivity contribution is -0.128. The SMILES string of the molecule is CCOCCCNC(=O)C1CCN(C(C)C(=O)NC(=O)NCc2ccccc2)CC1. The molecule has 0 aromatic heterocycles. The maximum absolute atomic E-state index is 12.4. The molecule has 1 fully saturated rings. The van der Waals surface area contributed by atoms with Crippen LogP contribution in [0, 0.1) is 5.92 Å². The molecule has 1 heterocycles. The Labute approximate surface area is 178 Å². The van der Waals surface area contributed by atoms with Crippen LogP contribution in [0.3, 0.4) is 0 Å². The van der Waals surface area contributed by atoms with Crippen LogP contribution in [0.2, 0.25) is 0 Å². The lowest BCUT2D eigenvalue weighted by atomic mass is 9.95. The van der Waals surface area contributed by atoms with E-state index < -0.39 is 12.1 Å². The van der Waals surface area contributed by atoms with E-state index in [-0.39, 0.29) is 17.7 Å². The van der Waals surface area contributed by atoms with Crippen molar-refractivity contribution in [3.05, 3.63) is 35.9 Å². The van der Waals surface area contributed by atoms with Gasteiger partial charge in [-0.15, -0.1) is 0 Å². The molecule has 1 saturated heterocycles. The summed E-state index contributed by atoms with van der Waals surface area (Å²) in [5.41, 5.74) is 0.964. The molecule has 1 aliphatic heterocycles. The van der Waals surface area contributed by atoms with Crippen LogP contribution in [0.25, 0.3) is 0 Å². The number of nitrogens with one attached hydrogen (secondary N) is 3. The fourth-order valence-electron chi connectivity index (χ4n) is 3.43. The molecule has 166 valence electrons. The van der Waals surface area contributed by atoms with Crippen molar-refractivity contribution in [3.8, 4) is 0 Å².